The smallest absolute Gasteiger partial charge is 0.0841 e. The Balaban J connectivity index is 2.27. The van der Waals surface area contributed by atoms with E-state index in [1.54, 1.807) is 0 Å². The summed E-state index contributed by atoms with van der Waals surface area (Å²) in [5.41, 5.74) is 7.68. The molecule has 0 aliphatic heterocycles. The molecule has 1 aromatic heterocycles. The Hall–Kier alpha value is -1.39. The minimum atomic E-state index is 0.658. The lowest BCUT2D eigenvalue weighted by atomic mass is 10.2. The topological polar surface area (TPSA) is 55.9 Å². The maximum absolute atomic E-state index is 5.42. The van der Waals surface area contributed by atoms with Crippen LogP contribution in [0.5, 0.6) is 0 Å². The molecule has 0 saturated heterocycles. The van der Waals surface area contributed by atoms with Crippen molar-refractivity contribution >= 4 is 10.9 Å². The van der Waals surface area contributed by atoms with Gasteiger partial charge >= 0.3 is 0 Å². The summed E-state index contributed by atoms with van der Waals surface area (Å²) < 4.78 is 1.91. The van der Waals surface area contributed by atoms with Gasteiger partial charge in [-0.15, -0.1) is 0 Å². The van der Waals surface area contributed by atoms with Crippen molar-refractivity contribution in [3.05, 3.63) is 30.0 Å². The van der Waals surface area contributed by atoms with Gasteiger partial charge in [-0.05, 0) is 6.07 Å². The van der Waals surface area contributed by atoms with Crippen molar-refractivity contribution in [3.8, 4) is 0 Å². The highest BCUT2D eigenvalue weighted by Crippen LogP contribution is 2.16. The second-order valence-corrected chi connectivity index (χ2v) is 3.55. The van der Waals surface area contributed by atoms with E-state index in [-0.39, 0.29) is 0 Å². The van der Waals surface area contributed by atoms with Crippen LogP contribution in [0.25, 0.3) is 10.9 Å². The normalized spacial score (nSPS) is 11.1. The number of nitrogens with one attached hydrogen (secondary N) is 1. The predicted molar refractivity (Wildman–Crippen MR) is 61.5 cm³/mol. The van der Waals surface area contributed by atoms with Gasteiger partial charge in [-0.2, -0.15) is 5.10 Å². The molecule has 0 radical (unpaired) electrons. The first kappa shape index (κ1) is 10.1. The molecule has 0 aliphatic rings. The molecule has 1 aromatic carbocycles. The quantitative estimate of drug-likeness (QED) is 0.718. The van der Waals surface area contributed by atoms with Gasteiger partial charge < -0.3 is 11.1 Å². The zero-order chi connectivity index (χ0) is 10.7. The fourth-order valence-electron chi connectivity index (χ4n) is 1.73. The van der Waals surface area contributed by atoms with Crippen molar-refractivity contribution in [1.29, 1.82) is 0 Å². The third-order valence-electron chi connectivity index (χ3n) is 2.45. The first-order valence-electron chi connectivity index (χ1n) is 5.14. The minimum absolute atomic E-state index is 0.658. The Morgan fingerprint density at radius 3 is 3.00 bits per heavy atom. The van der Waals surface area contributed by atoms with Gasteiger partial charge in [0, 0.05) is 32.1 Å². The molecule has 4 nitrogen and oxygen atoms in total. The highest BCUT2D eigenvalue weighted by Gasteiger charge is 2.06. The van der Waals surface area contributed by atoms with Crippen molar-refractivity contribution in [3.63, 3.8) is 0 Å². The van der Waals surface area contributed by atoms with Crippen molar-refractivity contribution < 1.29 is 0 Å². The van der Waals surface area contributed by atoms with E-state index in [1.165, 1.54) is 10.9 Å². The van der Waals surface area contributed by atoms with Gasteiger partial charge in [-0.3, -0.25) is 4.68 Å². The first-order chi connectivity index (χ1) is 7.33. The van der Waals surface area contributed by atoms with Gasteiger partial charge in [0.05, 0.1) is 11.2 Å². The maximum Gasteiger partial charge on any atom is 0.0841 e. The summed E-state index contributed by atoms with van der Waals surface area (Å²) in [7, 11) is 1.97. The average Bonchev–Trinajstić information content (AvgIpc) is 2.58. The highest BCUT2D eigenvalue weighted by atomic mass is 15.3. The molecule has 0 aliphatic carbocycles. The van der Waals surface area contributed by atoms with E-state index >= 15 is 0 Å². The summed E-state index contributed by atoms with van der Waals surface area (Å²) >= 11 is 0. The first-order valence-corrected chi connectivity index (χ1v) is 5.14. The van der Waals surface area contributed by atoms with Crippen LogP contribution >= 0.6 is 0 Å². The molecule has 1 heterocycles. The van der Waals surface area contributed by atoms with Crippen LogP contribution in [0.4, 0.5) is 0 Å². The molecule has 2 aromatic rings. The van der Waals surface area contributed by atoms with Crippen molar-refractivity contribution in [2.75, 3.05) is 13.1 Å². The van der Waals surface area contributed by atoms with Crippen LogP contribution in [0.15, 0.2) is 24.3 Å². The molecule has 0 saturated carbocycles. The Morgan fingerprint density at radius 2 is 2.20 bits per heavy atom. The van der Waals surface area contributed by atoms with Gasteiger partial charge in [-0.25, -0.2) is 0 Å². The third-order valence-corrected chi connectivity index (χ3v) is 2.45. The van der Waals surface area contributed by atoms with Gasteiger partial charge in [0.2, 0.25) is 0 Å². The lowest BCUT2D eigenvalue weighted by Gasteiger charge is -1.99. The summed E-state index contributed by atoms with van der Waals surface area (Å²) in [5.74, 6) is 0. The lowest BCUT2D eigenvalue weighted by Crippen LogP contribution is -2.22. The molecule has 4 heteroatoms. The van der Waals surface area contributed by atoms with E-state index in [4.69, 9.17) is 5.73 Å². The summed E-state index contributed by atoms with van der Waals surface area (Å²) in [6.45, 7) is 2.26. The Bertz CT molecular complexity index is 447. The second-order valence-electron chi connectivity index (χ2n) is 3.55. The highest BCUT2D eigenvalue weighted by molar-refractivity contribution is 5.81. The maximum atomic E-state index is 5.42. The SMILES string of the molecule is Cn1nc(CNCCN)c2ccccc21. The molecular weight excluding hydrogens is 188 g/mol. The van der Waals surface area contributed by atoms with E-state index in [1.807, 2.05) is 23.9 Å². The number of para-hydroxylation sites is 1. The molecule has 0 spiro atoms. The Morgan fingerprint density at radius 1 is 1.40 bits per heavy atom. The number of hydrogen-bond acceptors (Lipinski definition) is 3. The zero-order valence-corrected chi connectivity index (χ0v) is 8.90. The fraction of sp³-hybridized carbons (Fsp3) is 0.364. The third kappa shape index (κ3) is 2.00. The number of aryl methyl sites for hydroxylation is 1. The van der Waals surface area contributed by atoms with Crippen LogP contribution in [0.1, 0.15) is 5.69 Å². The van der Waals surface area contributed by atoms with Gasteiger partial charge in [0.15, 0.2) is 0 Å². The molecule has 2 rings (SSSR count). The van der Waals surface area contributed by atoms with Crippen molar-refractivity contribution in [2.24, 2.45) is 12.8 Å². The number of rotatable bonds is 4. The number of nitrogens with two attached hydrogens (primary N) is 1. The summed E-state index contributed by atoms with van der Waals surface area (Å²) in [6, 6.07) is 8.24. The molecule has 0 atom stereocenters. The predicted octanol–water partition coefficient (Wildman–Crippen LogP) is 0.622. The average molecular weight is 204 g/mol. The molecule has 0 fully saturated rings. The number of fused-ring (bicyclic) bond motifs is 1. The van der Waals surface area contributed by atoms with E-state index < -0.39 is 0 Å². The molecular formula is C11H16N4. The molecule has 0 unspecified atom stereocenters. The molecule has 0 bridgehead atoms. The number of hydrogen-bond donors (Lipinski definition) is 2. The van der Waals surface area contributed by atoms with Crippen LogP contribution in [-0.4, -0.2) is 22.9 Å². The van der Waals surface area contributed by atoms with Crippen LogP contribution in [0.3, 0.4) is 0 Å². The summed E-state index contributed by atoms with van der Waals surface area (Å²) in [6.07, 6.45) is 0. The summed E-state index contributed by atoms with van der Waals surface area (Å²) in [4.78, 5) is 0. The largest absolute Gasteiger partial charge is 0.329 e. The van der Waals surface area contributed by atoms with Crippen LogP contribution < -0.4 is 11.1 Å². The van der Waals surface area contributed by atoms with Crippen LogP contribution in [-0.2, 0) is 13.6 Å². The lowest BCUT2D eigenvalue weighted by molar-refractivity contribution is 0.665. The van der Waals surface area contributed by atoms with Gasteiger partial charge in [0.1, 0.15) is 0 Å². The van der Waals surface area contributed by atoms with E-state index in [0.29, 0.717) is 6.54 Å². The van der Waals surface area contributed by atoms with Gasteiger partial charge in [0.25, 0.3) is 0 Å². The molecule has 3 N–H and O–H groups in total. The van der Waals surface area contributed by atoms with Gasteiger partial charge in [-0.1, -0.05) is 18.2 Å². The van der Waals surface area contributed by atoms with E-state index in [2.05, 4.69) is 22.5 Å². The monoisotopic (exact) mass is 204 g/mol. The molecule has 80 valence electrons. The molecule has 0 amide bonds. The second kappa shape index (κ2) is 4.42. The van der Waals surface area contributed by atoms with Crippen LogP contribution in [0, 0.1) is 0 Å². The minimum Gasteiger partial charge on any atom is -0.329 e. The number of aromatic nitrogens is 2. The van der Waals surface area contributed by atoms with Crippen LogP contribution in [0.2, 0.25) is 0 Å². The van der Waals surface area contributed by atoms with E-state index in [0.717, 1.165) is 18.8 Å². The van der Waals surface area contributed by atoms with Crippen molar-refractivity contribution in [1.82, 2.24) is 15.1 Å². The Kier molecular flexibility index (Phi) is 2.99. The van der Waals surface area contributed by atoms with E-state index in [9.17, 15) is 0 Å². The number of nitrogens with zero attached hydrogens (tertiary/aromatic N) is 2. The number of benzene rings is 1. The standard InChI is InChI=1S/C11H16N4/c1-15-11-5-3-2-4-9(11)10(14-15)8-13-7-6-12/h2-5,13H,6-8,12H2,1H3. The Labute approximate surface area is 89.1 Å². The molecule has 15 heavy (non-hydrogen) atoms. The fourth-order valence-corrected chi connectivity index (χ4v) is 1.73. The van der Waals surface area contributed by atoms with Crippen molar-refractivity contribution in [2.45, 2.75) is 6.54 Å². The summed E-state index contributed by atoms with van der Waals surface area (Å²) in [5, 5.41) is 8.94. The zero-order valence-electron chi connectivity index (χ0n) is 8.90.